The van der Waals surface area contributed by atoms with Gasteiger partial charge < -0.3 is 15.5 Å². The zero-order valence-corrected chi connectivity index (χ0v) is 21.5. The van der Waals surface area contributed by atoms with E-state index >= 15 is 0 Å². The summed E-state index contributed by atoms with van der Waals surface area (Å²) in [5, 5.41) is 9.19. The third-order valence-corrected chi connectivity index (χ3v) is 8.91. The Morgan fingerprint density at radius 1 is 0.941 bits per heavy atom. The van der Waals surface area contributed by atoms with Crippen molar-refractivity contribution in [1.82, 2.24) is 14.7 Å². The first-order valence-electron chi connectivity index (χ1n) is 13.4. The van der Waals surface area contributed by atoms with Gasteiger partial charge in [-0.15, -0.1) is 10.2 Å². The highest BCUT2D eigenvalue weighted by molar-refractivity contribution is 6.30. The fourth-order valence-corrected chi connectivity index (χ4v) is 6.81. The normalized spacial score (nSPS) is 28.2. The molecule has 3 heterocycles. The third kappa shape index (κ3) is 5.77. The largest absolute Gasteiger partial charge is 0.385 e. The number of hydrogen-bond acceptors (Lipinski definition) is 6. The number of hydrogen-bond donors (Lipinski definition) is 1. The molecule has 4 aliphatic rings. The van der Waals surface area contributed by atoms with Crippen molar-refractivity contribution in [3.05, 3.63) is 34.9 Å². The minimum Gasteiger partial charge on any atom is -0.385 e. The number of benzene rings is 1. The van der Waals surface area contributed by atoms with Gasteiger partial charge in [0.05, 0.1) is 6.42 Å². The minimum atomic E-state index is 0.549. The lowest BCUT2D eigenvalue weighted by atomic mass is 9.83. The Bertz CT molecular complexity index is 870. The molecule has 1 aromatic carbocycles. The topological polar surface area (TPSA) is 60.5 Å². The van der Waals surface area contributed by atoms with Crippen LogP contribution in [0.2, 0.25) is 5.02 Å². The quantitative estimate of drug-likeness (QED) is 0.673. The maximum atomic E-state index is 6.17. The maximum Gasteiger partial charge on any atom is 0.135 e. The van der Waals surface area contributed by atoms with Crippen LogP contribution in [0.1, 0.15) is 63.4 Å². The summed E-state index contributed by atoms with van der Waals surface area (Å²) in [4.78, 5) is 7.97. The van der Waals surface area contributed by atoms with Gasteiger partial charge in [0.25, 0.3) is 0 Å². The first-order valence-corrected chi connectivity index (χ1v) is 13.8. The molecule has 1 unspecified atom stereocenters. The van der Waals surface area contributed by atoms with Gasteiger partial charge in [0.2, 0.25) is 0 Å². The molecular weight excluding hydrogens is 444 g/mol. The molecule has 0 amide bonds. The first kappa shape index (κ1) is 24.1. The Morgan fingerprint density at radius 3 is 2.35 bits per heavy atom. The molecular formula is C27H41ClN6. The lowest BCUT2D eigenvalue weighted by Gasteiger charge is -2.51. The first-order chi connectivity index (χ1) is 16.5. The summed E-state index contributed by atoms with van der Waals surface area (Å²) in [6.07, 6.45) is 12.7. The van der Waals surface area contributed by atoms with E-state index in [0.29, 0.717) is 30.4 Å². The van der Waals surface area contributed by atoms with Crippen LogP contribution in [-0.2, 0) is 6.42 Å². The van der Waals surface area contributed by atoms with Crippen LogP contribution in [0.15, 0.2) is 34.5 Å². The van der Waals surface area contributed by atoms with Crippen LogP contribution >= 0.6 is 11.6 Å². The van der Waals surface area contributed by atoms with Crippen LogP contribution in [-0.4, -0.2) is 77.7 Å². The summed E-state index contributed by atoms with van der Waals surface area (Å²) in [6, 6.07) is 10.3. The van der Waals surface area contributed by atoms with Crippen LogP contribution in [0.5, 0.6) is 0 Å². The molecule has 6 nitrogen and oxygen atoms in total. The molecule has 2 saturated heterocycles. The number of piperidine rings is 1. The molecule has 0 bridgehead atoms. The van der Waals surface area contributed by atoms with Crippen molar-refractivity contribution in [3.63, 3.8) is 0 Å². The highest BCUT2D eigenvalue weighted by Crippen LogP contribution is 2.32. The van der Waals surface area contributed by atoms with Crippen LogP contribution in [0.4, 0.5) is 0 Å². The molecule has 3 fully saturated rings. The Kier molecular flexibility index (Phi) is 7.77. The second-order valence-corrected chi connectivity index (χ2v) is 11.5. The summed E-state index contributed by atoms with van der Waals surface area (Å²) < 4.78 is 0. The molecule has 2 N–H and O–H groups in total. The molecule has 1 aromatic rings. The van der Waals surface area contributed by atoms with Gasteiger partial charge in [0, 0.05) is 49.3 Å². The van der Waals surface area contributed by atoms with E-state index in [1.54, 1.807) is 0 Å². The van der Waals surface area contributed by atoms with Crippen LogP contribution in [0, 0.1) is 5.92 Å². The molecule has 0 aromatic heterocycles. The van der Waals surface area contributed by atoms with Crippen molar-refractivity contribution < 1.29 is 0 Å². The predicted molar refractivity (Wildman–Crippen MR) is 142 cm³/mol. The number of nitrogens with two attached hydrogens (primary N) is 1. The van der Waals surface area contributed by atoms with Crippen molar-refractivity contribution >= 4 is 23.3 Å². The second kappa shape index (κ2) is 11.0. The van der Waals surface area contributed by atoms with E-state index in [1.807, 2.05) is 12.1 Å². The van der Waals surface area contributed by atoms with E-state index in [4.69, 9.17) is 17.3 Å². The second-order valence-electron chi connectivity index (χ2n) is 11.0. The number of nitrogens with zero attached hydrogens (tertiary/aromatic N) is 5. The number of amidine groups is 2. The molecule has 7 heteroatoms. The molecule has 0 spiro atoms. The molecule has 5 rings (SSSR count). The number of likely N-dealkylation sites (N-methyl/N-ethyl adjacent to an activating group) is 1. The molecule has 186 valence electrons. The van der Waals surface area contributed by atoms with Crippen LogP contribution in [0.3, 0.4) is 0 Å². The summed E-state index contributed by atoms with van der Waals surface area (Å²) in [6.45, 7) is 4.46. The average molecular weight is 485 g/mol. The van der Waals surface area contributed by atoms with E-state index in [0.717, 1.165) is 42.8 Å². The highest BCUT2D eigenvalue weighted by atomic mass is 35.5. The summed E-state index contributed by atoms with van der Waals surface area (Å²) in [5.74, 6) is 2.62. The van der Waals surface area contributed by atoms with Crippen molar-refractivity contribution in [1.29, 1.82) is 0 Å². The summed E-state index contributed by atoms with van der Waals surface area (Å²) >= 11 is 6.17. The van der Waals surface area contributed by atoms with Gasteiger partial charge in [-0.05, 0) is 56.3 Å². The zero-order chi connectivity index (χ0) is 23.5. The van der Waals surface area contributed by atoms with Gasteiger partial charge in [-0.25, -0.2) is 0 Å². The molecule has 1 aliphatic carbocycles. The van der Waals surface area contributed by atoms with Gasteiger partial charge in [-0.1, -0.05) is 55.8 Å². The van der Waals surface area contributed by atoms with Crippen LogP contribution in [0.25, 0.3) is 0 Å². The van der Waals surface area contributed by atoms with Gasteiger partial charge in [0.1, 0.15) is 11.7 Å². The lowest BCUT2D eigenvalue weighted by Crippen LogP contribution is -2.62. The molecule has 0 radical (unpaired) electrons. The summed E-state index contributed by atoms with van der Waals surface area (Å²) in [5.41, 5.74) is 7.26. The molecule has 2 atom stereocenters. The van der Waals surface area contributed by atoms with Crippen LogP contribution < -0.4 is 5.73 Å². The number of rotatable bonds is 5. The van der Waals surface area contributed by atoms with Gasteiger partial charge in [0.15, 0.2) is 0 Å². The van der Waals surface area contributed by atoms with Crippen molar-refractivity contribution in [2.75, 3.05) is 33.2 Å². The Balaban J connectivity index is 1.26. The molecule has 1 saturated carbocycles. The fraction of sp³-hybridized carbons (Fsp3) is 0.704. The monoisotopic (exact) mass is 484 g/mol. The van der Waals surface area contributed by atoms with Crippen molar-refractivity contribution in [2.45, 2.75) is 82.3 Å². The number of piperazine rings is 1. The molecule has 3 aliphatic heterocycles. The standard InChI is InChI=1S/C27H41ClN6/c1-32-18-25(16-21-7-9-22(28)10-8-21)34(19-24(32)15-20-5-3-2-4-6-20)23-11-13-33(14-12-23)27-17-26(29)30-31-27/h7-10,20,23-25H,2-6,11-19H2,1H3,(H2,29,30)/t24-,25?/m0/s1. The highest BCUT2D eigenvalue weighted by Gasteiger charge is 2.38. The lowest BCUT2D eigenvalue weighted by molar-refractivity contribution is -0.00881. The number of likely N-dealkylation sites (tertiary alicyclic amines) is 1. The number of halogens is 1. The maximum absolute atomic E-state index is 6.17. The van der Waals surface area contributed by atoms with Gasteiger partial charge in [-0.3, -0.25) is 4.90 Å². The Hall–Kier alpha value is -1.63. The van der Waals surface area contributed by atoms with Gasteiger partial charge >= 0.3 is 0 Å². The van der Waals surface area contributed by atoms with E-state index in [2.05, 4.69) is 44.1 Å². The predicted octanol–water partition coefficient (Wildman–Crippen LogP) is 4.38. The third-order valence-electron chi connectivity index (χ3n) is 8.66. The van der Waals surface area contributed by atoms with Gasteiger partial charge in [-0.2, -0.15) is 0 Å². The zero-order valence-electron chi connectivity index (χ0n) is 20.7. The smallest absolute Gasteiger partial charge is 0.135 e. The van der Waals surface area contributed by atoms with E-state index < -0.39 is 0 Å². The van der Waals surface area contributed by atoms with E-state index in [1.165, 1.54) is 63.5 Å². The minimum absolute atomic E-state index is 0.549. The fourth-order valence-electron chi connectivity index (χ4n) is 6.69. The van der Waals surface area contributed by atoms with E-state index in [9.17, 15) is 0 Å². The van der Waals surface area contributed by atoms with E-state index in [-0.39, 0.29) is 0 Å². The SMILES string of the molecule is CN1CC(Cc2ccc(Cl)cc2)N(C2CCN(C3=NN=C(N)C3)CC2)C[C@@H]1CC1CCCCC1. The Morgan fingerprint density at radius 2 is 1.68 bits per heavy atom. The Labute approximate surface area is 210 Å². The van der Waals surface area contributed by atoms with Crippen molar-refractivity contribution in [2.24, 2.45) is 21.9 Å². The summed E-state index contributed by atoms with van der Waals surface area (Å²) in [7, 11) is 2.37. The molecule has 34 heavy (non-hydrogen) atoms. The van der Waals surface area contributed by atoms with Crippen molar-refractivity contribution in [3.8, 4) is 0 Å². The average Bonchev–Trinajstić information content (AvgIpc) is 3.29.